The summed E-state index contributed by atoms with van der Waals surface area (Å²) in [7, 11) is 0. The maximum atomic E-state index is 12.1. The minimum atomic E-state index is 0.210. The number of hydrogen-bond acceptors (Lipinski definition) is 7. The Morgan fingerprint density at radius 3 is 2.47 bits per heavy atom. The fraction of sp³-hybridized carbons (Fsp3) is 0.192. The Hall–Kier alpha value is -4.73. The number of nitrogens with zero attached hydrogens (tertiary/aromatic N) is 7. The minimum Gasteiger partial charge on any atom is -0.341 e. The summed E-state index contributed by atoms with van der Waals surface area (Å²) in [4.78, 5) is 32.2. The standard InChI is InChI=1S/C26H25N9O/c36-22-7-4-13-33(22)15-16-35-18-28-23-24(29-19-5-2-1-3-6-19)31-26(32-25(23)35)30-20-8-10-21(11-9-20)34-14-12-27-17-34/h1-3,5-6,8-12,14,17-18H,4,7,13,15-16H2,(H2,29,30,31,32). The van der Waals surface area contributed by atoms with Gasteiger partial charge >= 0.3 is 0 Å². The van der Waals surface area contributed by atoms with Crippen molar-refractivity contribution in [2.24, 2.45) is 0 Å². The van der Waals surface area contributed by atoms with Gasteiger partial charge < -0.3 is 24.7 Å². The van der Waals surface area contributed by atoms with E-state index in [2.05, 4.69) is 20.6 Å². The van der Waals surface area contributed by atoms with Crippen LogP contribution < -0.4 is 10.6 Å². The molecule has 0 aliphatic carbocycles. The number of likely N-dealkylation sites (tertiary alicyclic amines) is 1. The third-order valence-electron chi connectivity index (χ3n) is 6.21. The summed E-state index contributed by atoms with van der Waals surface area (Å²) in [5.74, 6) is 1.28. The van der Waals surface area contributed by atoms with Crippen LogP contribution in [0.25, 0.3) is 16.9 Å². The molecule has 0 saturated carbocycles. The van der Waals surface area contributed by atoms with Crippen LogP contribution in [-0.2, 0) is 11.3 Å². The number of imidazole rings is 2. The molecule has 2 aromatic carbocycles. The number of fused-ring (bicyclic) bond motifs is 1. The van der Waals surface area contributed by atoms with Gasteiger partial charge in [0.2, 0.25) is 11.9 Å². The molecule has 1 amide bonds. The summed E-state index contributed by atoms with van der Waals surface area (Å²) in [5.41, 5.74) is 4.15. The Kier molecular flexibility index (Phi) is 5.74. The summed E-state index contributed by atoms with van der Waals surface area (Å²) in [5, 5.41) is 6.70. The lowest BCUT2D eigenvalue weighted by Gasteiger charge is -2.16. The molecule has 0 unspecified atom stereocenters. The van der Waals surface area contributed by atoms with Crippen molar-refractivity contribution in [2.75, 3.05) is 23.7 Å². The highest BCUT2D eigenvalue weighted by Gasteiger charge is 2.20. The lowest BCUT2D eigenvalue weighted by Crippen LogP contribution is -2.28. The van der Waals surface area contributed by atoms with Gasteiger partial charge in [-0.05, 0) is 42.8 Å². The van der Waals surface area contributed by atoms with Gasteiger partial charge in [0, 0.05) is 55.5 Å². The average molecular weight is 480 g/mol. The highest BCUT2D eigenvalue weighted by atomic mass is 16.2. The summed E-state index contributed by atoms with van der Waals surface area (Å²) in [6.07, 6.45) is 8.73. The van der Waals surface area contributed by atoms with E-state index in [1.54, 1.807) is 18.9 Å². The second kappa shape index (κ2) is 9.49. The number of amides is 1. The van der Waals surface area contributed by atoms with Crippen LogP contribution in [0, 0.1) is 0 Å². The summed E-state index contributed by atoms with van der Waals surface area (Å²) in [6.45, 7) is 2.06. The van der Waals surface area contributed by atoms with Gasteiger partial charge in [-0.25, -0.2) is 9.97 Å². The Labute approximate surface area is 207 Å². The van der Waals surface area contributed by atoms with Crippen LogP contribution in [-0.4, -0.2) is 53.0 Å². The van der Waals surface area contributed by atoms with Crippen molar-refractivity contribution in [3.05, 3.63) is 79.6 Å². The molecule has 3 aromatic heterocycles. The van der Waals surface area contributed by atoms with E-state index in [1.165, 1.54) is 0 Å². The summed E-state index contributed by atoms with van der Waals surface area (Å²) in [6, 6.07) is 17.8. The molecule has 1 aliphatic rings. The van der Waals surface area contributed by atoms with Gasteiger partial charge in [-0.3, -0.25) is 4.79 Å². The van der Waals surface area contributed by atoms with Crippen molar-refractivity contribution in [2.45, 2.75) is 19.4 Å². The van der Waals surface area contributed by atoms with Gasteiger partial charge in [0.05, 0.1) is 12.7 Å². The largest absolute Gasteiger partial charge is 0.341 e. The van der Waals surface area contributed by atoms with Crippen molar-refractivity contribution in [3.8, 4) is 5.69 Å². The Balaban J connectivity index is 1.31. The molecule has 6 rings (SSSR count). The normalized spacial score (nSPS) is 13.4. The van der Waals surface area contributed by atoms with E-state index in [4.69, 9.17) is 9.97 Å². The van der Waals surface area contributed by atoms with Gasteiger partial charge in [0.15, 0.2) is 17.0 Å². The van der Waals surface area contributed by atoms with Crippen LogP contribution in [0.4, 0.5) is 23.1 Å². The number of benzene rings is 2. The Morgan fingerprint density at radius 2 is 1.72 bits per heavy atom. The van der Waals surface area contributed by atoms with Crippen LogP contribution >= 0.6 is 0 Å². The van der Waals surface area contributed by atoms with Crippen LogP contribution in [0.3, 0.4) is 0 Å². The highest BCUT2D eigenvalue weighted by molar-refractivity contribution is 5.87. The van der Waals surface area contributed by atoms with Crippen molar-refractivity contribution >= 4 is 40.2 Å². The Bertz CT molecular complexity index is 1480. The quantitative estimate of drug-likeness (QED) is 0.345. The molecule has 0 spiro atoms. The third kappa shape index (κ3) is 4.48. The maximum absolute atomic E-state index is 12.1. The van der Waals surface area contributed by atoms with E-state index in [9.17, 15) is 4.79 Å². The first kappa shape index (κ1) is 21.8. The highest BCUT2D eigenvalue weighted by Crippen LogP contribution is 2.26. The van der Waals surface area contributed by atoms with Crippen molar-refractivity contribution in [1.82, 2.24) is 34.0 Å². The molecule has 10 nitrogen and oxygen atoms in total. The fourth-order valence-corrected chi connectivity index (χ4v) is 4.34. The molecule has 4 heterocycles. The third-order valence-corrected chi connectivity index (χ3v) is 6.21. The number of carbonyl (C=O) groups is 1. The lowest BCUT2D eigenvalue weighted by molar-refractivity contribution is -0.127. The molecule has 0 atom stereocenters. The molecule has 0 bridgehead atoms. The molecule has 1 fully saturated rings. The van der Waals surface area contributed by atoms with Gasteiger partial charge in [0.1, 0.15) is 0 Å². The van der Waals surface area contributed by atoms with Crippen LogP contribution in [0.1, 0.15) is 12.8 Å². The number of nitrogens with one attached hydrogen (secondary N) is 2. The summed E-state index contributed by atoms with van der Waals surface area (Å²) < 4.78 is 3.92. The first-order valence-corrected chi connectivity index (χ1v) is 11.9. The first-order valence-electron chi connectivity index (χ1n) is 11.9. The monoisotopic (exact) mass is 479 g/mol. The van der Waals surface area contributed by atoms with E-state index < -0.39 is 0 Å². The molecule has 1 aliphatic heterocycles. The average Bonchev–Trinajstić information content (AvgIpc) is 3.66. The van der Waals surface area contributed by atoms with Crippen molar-refractivity contribution < 1.29 is 4.79 Å². The zero-order valence-electron chi connectivity index (χ0n) is 19.6. The van der Waals surface area contributed by atoms with Crippen LogP contribution in [0.2, 0.25) is 0 Å². The smallest absolute Gasteiger partial charge is 0.231 e. The Morgan fingerprint density at radius 1 is 0.889 bits per heavy atom. The molecule has 36 heavy (non-hydrogen) atoms. The SMILES string of the molecule is O=C1CCCN1CCn1cnc2c(Nc3ccccc3)nc(Nc3ccc(-n4ccnc4)cc3)nc21. The maximum Gasteiger partial charge on any atom is 0.231 e. The van der Waals surface area contributed by atoms with Crippen molar-refractivity contribution in [3.63, 3.8) is 0 Å². The molecular formula is C26H25N9O. The fourth-order valence-electron chi connectivity index (χ4n) is 4.34. The molecule has 0 radical (unpaired) electrons. The topological polar surface area (TPSA) is 106 Å². The number of anilines is 4. The predicted octanol–water partition coefficient (Wildman–Crippen LogP) is 4.12. The van der Waals surface area contributed by atoms with Gasteiger partial charge in [-0.2, -0.15) is 9.97 Å². The van der Waals surface area contributed by atoms with E-state index in [-0.39, 0.29) is 5.91 Å². The number of carbonyl (C=O) groups excluding carboxylic acids is 1. The first-order chi connectivity index (χ1) is 17.7. The lowest BCUT2D eigenvalue weighted by atomic mass is 10.3. The molecule has 10 heteroatoms. The number of rotatable bonds is 8. The number of aromatic nitrogens is 6. The minimum absolute atomic E-state index is 0.210. The second-order valence-electron chi connectivity index (χ2n) is 8.62. The van der Waals surface area contributed by atoms with Crippen LogP contribution in [0.5, 0.6) is 0 Å². The molecule has 1 saturated heterocycles. The van der Waals surface area contributed by atoms with E-state index in [0.717, 1.165) is 30.0 Å². The molecule has 5 aromatic rings. The van der Waals surface area contributed by atoms with Crippen molar-refractivity contribution in [1.29, 1.82) is 0 Å². The zero-order chi connectivity index (χ0) is 24.3. The number of para-hydroxylation sites is 1. The van der Waals surface area contributed by atoms with Gasteiger partial charge in [0.25, 0.3) is 0 Å². The van der Waals surface area contributed by atoms with E-state index in [1.807, 2.05) is 74.8 Å². The van der Waals surface area contributed by atoms with Gasteiger partial charge in [-0.15, -0.1) is 0 Å². The van der Waals surface area contributed by atoms with Gasteiger partial charge in [-0.1, -0.05) is 18.2 Å². The van der Waals surface area contributed by atoms with E-state index >= 15 is 0 Å². The molecule has 180 valence electrons. The van der Waals surface area contributed by atoms with E-state index in [0.29, 0.717) is 42.4 Å². The zero-order valence-corrected chi connectivity index (χ0v) is 19.6. The van der Waals surface area contributed by atoms with Crippen LogP contribution in [0.15, 0.2) is 79.6 Å². The summed E-state index contributed by atoms with van der Waals surface area (Å²) >= 11 is 0. The molecular weight excluding hydrogens is 454 g/mol. The number of hydrogen-bond donors (Lipinski definition) is 2. The second-order valence-corrected chi connectivity index (χ2v) is 8.62. The molecule has 2 N–H and O–H groups in total. The predicted molar refractivity (Wildman–Crippen MR) is 138 cm³/mol.